The van der Waals surface area contributed by atoms with Gasteiger partial charge in [-0.25, -0.2) is 10.9 Å². The van der Waals surface area contributed by atoms with E-state index in [0.29, 0.717) is 18.7 Å². The lowest BCUT2D eigenvalue weighted by atomic mass is 9.99. The molecule has 7 nitrogen and oxygen atoms in total. The normalized spacial score (nSPS) is 17.0. The maximum Gasteiger partial charge on any atom is 0.248 e. The van der Waals surface area contributed by atoms with Gasteiger partial charge in [0.15, 0.2) is 0 Å². The Morgan fingerprint density at radius 3 is 2.78 bits per heavy atom. The average molecular weight is 316 g/mol. The molecule has 7 heteroatoms. The number of carbonyl (C=O) groups excluding carboxylic acids is 2. The first kappa shape index (κ1) is 16.7. The predicted octanol–water partition coefficient (Wildman–Crippen LogP) is 1.44. The smallest absolute Gasteiger partial charge is 0.248 e. The minimum atomic E-state index is -0.323. The topological polar surface area (TPSA) is 92.1 Å². The second-order valence-corrected chi connectivity index (χ2v) is 5.12. The van der Waals surface area contributed by atoms with Crippen molar-refractivity contribution in [1.29, 1.82) is 0 Å². The molecule has 0 bridgehead atoms. The molecule has 1 unspecified atom stereocenters. The summed E-state index contributed by atoms with van der Waals surface area (Å²) in [6.07, 6.45) is 2.19. The van der Waals surface area contributed by atoms with Gasteiger partial charge in [0.2, 0.25) is 11.8 Å². The number of hydrogen-bond donors (Lipinski definition) is 2. The minimum Gasteiger partial charge on any atom is -0.494 e. The SMILES string of the molecule is CCOc1ccc(C=NNC(=O)CCC2C(=O)NN=C2C)cc1. The number of amides is 2. The van der Waals surface area contributed by atoms with Crippen molar-refractivity contribution in [2.75, 3.05) is 6.61 Å². The van der Waals surface area contributed by atoms with E-state index in [9.17, 15) is 9.59 Å². The van der Waals surface area contributed by atoms with Crippen LogP contribution in [-0.2, 0) is 9.59 Å². The van der Waals surface area contributed by atoms with E-state index >= 15 is 0 Å². The highest BCUT2D eigenvalue weighted by Crippen LogP contribution is 2.13. The molecule has 0 aliphatic carbocycles. The first-order valence-electron chi connectivity index (χ1n) is 7.49. The Morgan fingerprint density at radius 1 is 1.43 bits per heavy atom. The number of nitrogens with zero attached hydrogens (tertiary/aromatic N) is 2. The van der Waals surface area contributed by atoms with Gasteiger partial charge < -0.3 is 4.74 Å². The van der Waals surface area contributed by atoms with Gasteiger partial charge in [-0.1, -0.05) is 0 Å². The Hall–Kier alpha value is -2.70. The minimum absolute atomic E-state index is 0.159. The largest absolute Gasteiger partial charge is 0.494 e. The molecule has 0 fully saturated rings. The van der Waals surface area contributed by atoms with E-state index in [1.54, 1.807) is 13.1 Å². The highest BCUT2D eigenvalue weighted by atomic mass is 16.5. The van der Waals surface area contributed by atoms with Gasteiger partial charge in [0.1, 0.15) is 5.75 Å². The van der Waals surface area contributed by atoms with Gasteiger partial charge in [0, 0.05) is 12.1 Å². The molecule has 122 valence electrons. The lowest BCUT2D eigenvalue weighted by Crippen LogP contribution is -2.25. The predicted molar refractivity (Wildman–Crippen MR) is 87.3 cm³/mol. The van der Waals surface area contributed by atoms with Crippen molar-refractivity contribution in [2.45, 2.75) is 26.7 Å². The molecule has 0 saturated carbocycles. The van der Waals surface area contributed by atoms with Crippen molar-refractivity contribution >= 4 is 23.7 Å². The van der Waals surface area contributed by atoms with Crippen LogP contribution < -0.4 is 15.6 Å². The summed E-state index contributed by atoms with van der Waals surface area (Å²) in [7, 11) is 0. The zero-order chi connectivity index (χ0) is 16.7. The molecule has 0 spiro atoms. The number of benzene rings is 1. The van der Waals surface area contributed by atoms with E-state index in [1.165, 1.54) is 0 Å². The quantitative estimate of drug-likeness (QED) is 0.589. The third-order valence-corrected chi connectivity index (χ3v) is 3.42. The van der Waals surface area contributed by atoms with Crippen LogP contribution >= 0.6 is 0 Å². The van der Waals surface area contributed by atoms with E-state index in [4.69, 9.17) is 4.74 Å². The van der Waals surface area contributed by atoms with Gasteiger partial charge in [-0.3, -0.25) is 9.59 Å². The maximum atomic E-state index is 11.7. The molecular weight excluding hydrogens is 296 g/mol. The Balaban J connectivity index is 1.75. The number of hydrogen-bond acceptors (Lipinski definition) is 5. The van der Waals surface area contributed by atoms with Crippen LogP contribution in [0, 0.1) is 5.92 Å². The fourth-order valence-electron chi connectivity index (χ4n) is 2.16. The molecule has 1 aliphatic heterocycles. The molecule has 2 rings (SSSR count). The number of rotatable bonds is 7. The van der Waals surface area contributed by atoms with Crippen molar-refractivity contribution in [3.8, 4) is 5.75 Å². The van der Waals surface area contributed by atoms with E-state index in [1.807, 2.05) is 31.2 Å². The van der Waals surface area contributed by atoms with Gasteiger partial charge in [-0.15, -0.1) is 0 Å². The van der Waals surface area contributed by atoms with Crippen LogP contribution in [-0.4, -0.2) is 30.3 Å². The Morgan fingerprint density at radius 2 is 2.17 bits per heavy atom. The molecule has 23 heavy (non-hydrogen) atoms. The lowest BCUT2D eigenvalue weighted by molar-refractivity contribution is -0.123. The molecule has 0 radical (unpaired) electrons. The van der Waals surface area contributed by atoms with Gasteiger partial charge in [-0.05, 0) is 50.1 Å². The van der Waals surface area contributed by atoms with Gasteiger partial charge in [0.05, 0.1) is 18.7 Å². The number of hydrazone groups is 2. The van der Waals surface area contributed by atoms with Crippen molar-refractivity contribution in [1.82, 2.24) is 10.9 Å². The molecule has 1 aliphatic rings. The van der Waals surface area contributed by atoms with Crippen molar-refractivity contribution in [3.05, 3.63) is 29.8 Å². The van der Waals surface area contributed by atoms with E-state index < -0.39 is 0 Å². The van der Waals surface area contributed by atoms with Gasteiger partial charge in [-0.2, -0.15) is 10.2 Å². The molecule has 2 amide bonds. The van der Waals surface area contributed by atoms with Crippen LogP contribution in [0.15, 0.2) is 34.5 Å². The Kier molecular flexibility index (Phi) is 5.85. The summed E-state index contributed by atoms with van der Waals surface area (Å²) >= 11 is 0. The van der Waals surface area contributed by atoms with E-state index in [-0.39, 0.29) is 24.2 Å². The van der Waals surface area contributed by atoms with Gasteiger partial charge in [0.25, 0.3) is 0 Å². The summed E-state index contributed by atoms with van der Waals surface area (Å²) in [5.74, 6) is 0.0734. The maximum absolute atomic E-state index is 11.7. The number of ether oxygens (including phenoxy) is 1. The summed E-state index contributed by atoms with van der Waals surface area (Å²) in [5.41, 5.74) is 6.41. The standard InChI is InChI=1S/C16H20N4O3/c1-3-23-13-6-4-12(5-7-13)10-17-19-15(21)9-8-14-11(2)18-20-16(14)22/h4-7,10,14H,3,8-9H2,1-2H3,(H,19,21)(H,20,22). The van der Waals surface area contributed by atoms with E-state index in [2.05, 4.69) is 21.1 Å². The number of carbonyl (C=O) groups is 2. The molecule has 2 N–H and O–H groups in total. The highest BCUT2D eigenvalue weighted by Gasteiger charge is 2.26. The van der Waals surface area contributed by atoms with Crippen molar-refractivity contribution in [3.63, 3.8) is 0 Å². The monoisotopic (exact) mass is 316 g/mol. The van der Waals surface area contributed by atoms with Crippen molar-refractivity contribution < 1.29 is 14.3 Å². The average Bonchev–Trinajstić information content (AvgIpc) is 2.86. The van der Waals surface area contributed by atoms with Crippen LogP contribution in [0.1, 0.15) is 32.3 Å². The van der Waals surface area contributed by atoms with Crippen LogP contribution in [0.25, 0.3) is 0 Å². The van der Waals surface area contributed by atoms with E-state index in [0.717, 1.165) is 11.3 Å². The molecule has 1 heterocycles. The van der Waals surface area contributed by atoms with Gasteiger partial charge >= 0.3 is 0 Å². The second-order valence-electron chi connectivity index (χ2n) is 5.12. The Labute approximate surface area is 134 Å². The zero-order valence-electron chi connectivity index (χ0n) is 13.2. The first-order chi connectivity index (χ1) is 11.1. The zero-order valence-corrected chi connectivity index (χ0v) is 13.2. The lowest BCUT2D eigenvalue weighted by Gasteiger charge is -2.06. The third-order valence-electron chi connectivity index (χ3n) is 3.42. The molecular formula is C16H20N4O3. The van der Waals surface area contributed by atoms with Crippen LogP contribution in [0.4, 0.5) is 0 Å². The molecule has 0 aromatic heterocycles. The number of nitrogens with one attached hydrogen (secondary N) is 2. The summed E-state index contributed by atoms with van der Waals surface area (Å²) < 4.78 is 5.35. The highest BCUT2D eigenvalue weighted by molar-refractivity contribution is 6.07. The molecule has 0 saturated heterocycles. The van der Waals surface area contributed by atoms with Crippen LogP contribution in [0.5, 0.6) is 5.75 Å². The molecule has 1 aromatic rings. The summed E-state index contributed by atoms with van der Waals surface area (Å²) in [5, 5.41) is 7.75. The summed E-state index contributed by atoms with van der Waals surface area (Å²) in [6.45, 7) is 4.31. The first-order valence-corrected chi connectivity index (χ1v) is 7.49. The fraction of sp³-hybridized carbons (Fsp3) is 0.375. The van der Waals surface area contributed by atoms with Crippen molar-refractivity contribution in [2.24, 2.45) is 16.1 Å². The summed E-state index contributed by atoms with van der Waals surface area (Å²) in [4.78, 5) is 23.2. The van der Waals surface area contributed by atoms with Crippen LogP contribution in [0.3, 0.4) is 0 Å². The Bertz CT molecular complexity index is 623. The molecule has 1 aromatic carbocycles. The van der Waals surface area contributed by atoms with Crippen LogP contribution in [0.2, 0.25) is 0 Å². The second kappa shape index (κ2) is 8.07. The third kappa shape index (κ3) is 4.91. The fourth-order valence-corrected chi connectivity index (χ4v) is 2.16. The molecule has 1 atom stereocenters. The summed E-state index contributed by atoms with van der Waals surface area (Å²) in [6, 6.07) is 7.38.